The zero-order chi connectivity index (χ0) is 14.9. The molecule has 0 bridgehead atoms. The molecule has 1 aromatic heterocycles. The van der Waals surface area contributed by atoms with Gasteiger partial charge in [0.2, 0.25) is 0 Å². The highest BCUT2D eigenvalue weighted by atomic mass is 35.5. The van der Waals surface area contributed by atoms with Crippen molar-refractivity contribution in [3.05, 3.63) is 44.8 Å². The van der Waals surface area contributed by atoms with E-state index in [-0.39, 0.29) is 8.68 Å². The molecular weight excluding hydrogens is 333 g/mol. The molecule has 0 spiro atoms. The van der Waals surface area contributed by atoms with Gasteiger partial charge >= 0.3 is 0 Å². The summed E-state index contributed by atoms with van der Waals surface area (Å²) in [6.45, 7) is 0. The predicted molar refractivity (Wildman–Crippen MR) is 71.0 cm³/mol. The summed E-state index contributed by atoms with van der Waals surface area (Å²) >= 11 is 6.20. The van der Waals surface area contributed by atoms with E-state index < -0.39 is 32.1 Å². The van der Waals surface area contributed by atoms with Crippen molar-refractivity contribution < 1.29 is 17.7 Å². The number of aromatic nitrogens is 1. The molecule has 0 atom stereocenters. The Hall–Kier alpha value is -1.78. The molecule has 1 aromatic carbocycles. The first-order chi connectivity index (χ1) is 9.29. The Labute approximate surface area is 121 Å². The lowest BCUT2D eigenvalue weighted by atomic mass is 10.3. The second kappa shape index (κ2) is 5.31. The Morgan fingerprint density at radius 1 is 1.45 bits per heavy atom. The SMILES string of the molecule is O=[N+]([O-])c1ccc(F)c(NS(=O)(=O)c2cnc(Cl)s2)c1. The number of nitrogens with zero attached hydrogens (tertiary/aromatic N) is 2. The Morgan fingerprint density at radius 2 is 2.15 bits per heavy atom. The Bertz CT molecular complexity index is 777. The van der Waals surface area contributed by atoms with Gasteiger partial charge in [0.1, 0.15) is 5.82 Å². The summed E-state index contributed by atoms with van der Waals surface area (Å²) in [4.78, 5) is 13.4. The van der Waals surface area contributed by atoms with Crippen LogP contribution in [0.1, 0.15) is 0 Å². The second-order valence-electron chi connectivity index (χ2n) is 3.46. The maximum absolute atomic E-state index is 13.5. The molecule has 0 aliphatic rings. The molecule has 106 valence electrons. The minimum Gasteiger partial charge on any atom is -0.276 e. The van der Waals surface area contributed by atoms with Crippen LogP contribution in [0.2, 0.25) is 4.47 Å². The maximum Gasteiger partial charge on any atom is 0.273 e. The molecule has 7 nitrogen and oxygen atoms in total. The molecule has 0 saturated heterocycles. The topological polar surface area (TPSA) is 102 Å². The van der Waals surface area contributed by atoms with Gasteiger partial charge in [0, 0.05) is 12.1 Å². The molecular formula is C9H5ClFN3O4S2. The Balaban J connectivity index is 2.39. The number of benzene rings is 1. The van der Waals surface area contributed by atoms with Crippen molar-refractivity contribution in [1.29, 1.82) is 0 Å². The van der Waals surface area contributed by atoms with Crippen molar-refractivity contribution in [2.45, 2.75) is 4.21 Å². The van der Waals surface area contributed by atoms with E-state index in [0.717, 1.165) is 24.4 Å². The van der Waals surface area contributed by atoms with Gasteiger partial charge in [0.15, 0.2) is 8.68 Å². The standard InChI is InChI=1S/C9H5ClFN3O4S2/c10-9-12-4-8(19-9)20(17,18)13-7-3-5(14(15)16)1-2-6(7)11/h1-4,13H. The third-order valence-electron chi connectivity index (χ3n) is 2.13. The van der Waals surface area contributed by atoms with Crippen LogP contribution in [0.15, 0.2) is 28.6 Å². The fourth-order valence-corrected chi connectivity index (χ4v) is 3.61. The molecule has 1 N–H and O–H groups in total. The zero-order valence-corrected chi connectivity index (χ0v) is 11.8. The number of anilines is 1. The highest BCUT2D eigenvalue weighted by Gasteiger charge is 2.21. The number of nitrogens with one attached hydrogen (secondary N) is 1. The van der Waals surface area contributed by atoms with E-state index in [9.17, 15) is 22.9 Å². The summed E-state index contributed by atoms with van der Waals surface area (Å²) in [5.41, 5.74) is -0.963. The van der Waals surface area contributed by atoms with Gasteiger partial charge in [-0.2, -0.15) is 0 Å². The van der Waals surface area contributed by atoms with Crippen LogP contribution in [0.4, 0.5) is 15.8 Å². The molecule has 2 rings (SSSR count). The van der Waals surface area contributed by atoms with Crippen LogP contribution in [-0.4, -0.2) is 18.3 Å². The van der Waals surface area contributed by atoms with Crippen molar-refractivity contribution in [3.8, 4) is 0 Å². The first kappa shape index (κ1) is 14.6. The van der Waals surface area contributed by atoms with Crippen molar-refractivity contribution in [2.24, 2.45) is 0 Å². The number of thiazole rings is 1. The lowest BCUT2D eigenvalue weighted by Gasteiger charge is -2.06. The molecule has 0 saturated carbocycles. The highest BCUT2D eigenvalue weighted by molar-refractivity contribution is 7.94. The van der Waals surface area contributed by atoms with Gasteiger partial charge in [0.05, 0.1) is 16.8 Å². The number of hydrogen-bond donors (Lipinski definition) is 1. The van der Waals surface area contributed by atoms with E-state index in [1.165, 1.54) is 0 Å². The first-order valence-electron chi connectivity index (χ1n) is 4.88. The zero-order valence-electron chi connectivity index (χ0n) is 9.41. The third-order valence-corrected chi connectivity index (χ3v) is 5.07. The van der Waals surface area contributed by atoms with Gasteiger partial charge in [-0.15, -0.1) is 0 Å². The monoisotopic (exact) mass is 337 g/mol. The lowest BCUT2D eigenvalue weighted by Crippen LogP contribution is -2.12. The van der Waals surface area contributed by atoms with Crippen LogP contribution in [0.5, 0.6) is 0 Å². The highest BCUT2D eigenvalue weighted by Crippen LogP contribution is 2.27. The second-order valence-corrected chi connectivity index (χ2v) is 6.98. The van der Waals surface area contributed by atoms with Crippen LogP contribution in [-0.2, 0) is 10.0 Å². The summed E-state index contributed by atoms with van der Waals surface area (Å²) in [6.07, 6.45) is 1.00. The minimum atomic E-state index is -4.10. The van der Waals surface area contributed by atoms with Gasteiger partial charge in [-0.25, -0.2) is 17.8 Å². The molecule has 0 aliphatic carbocycles. The Morgan fingerprint density at radius 3 is 2.70 bits per heavy atom. The van der Waals surface area contributed by atoms with Gasteiger partial charge in [-0.3, -0.25) is 14.8 Å². The fourth-order valence-electron chi connectivity index (χ4n) is 1.26. The van der Waals surface area contributed by atoms with Gasteiger partial charge in [-0.1, -0.05) is 22.9 Å². The van der Waals surface area contributed by atoms with Crippen LogP contribution in [0, 0.1) is 15.9 Å². The van der Waals surface area contributed by atoms with Crippen LogP contribution in [0.3, 0.4) is 0 Å². The summed E-state index contributed by atoms with van der Waals surface area (Å²) in [5, 5.41) is 10.6. The molecule has 1 heterocycles. The lowest BCUT2D eigenvalue weighted by molar-refractivity contribution is -0.384. The number of nitro groups is 1. The van der Waals surface area contributed by atoms with Crippen molar-refractivity contribution in [2.75, 3.05) is 4.72 Å². The van der Waals surface area contributed by atoms with Crippen molar-refractivity contribution in [3.63, 3.8) is 0 Å². The first-order valence-corrected chi connectivity index (χ1v) is 7.55. The van der Waals surface area contributed by atoms with E-state index >= 15 is 0 Å². The van der Waals surface area contributed by atoms with E-state index in [0.29, 0.717) is 11.3 Å². The van der Waals surface area contributed by atoms with E-state index in [1.807, 2.05) is 4.72 Å². The molecule has 0 aliphatic heterocycles. The van der Waals surface area contributed by atoms with Crippen molar-refractivity contribution in [1.82, 2.24) is 4.98 Å². The average Bonchev–Trinajstić information content (AvgIpc) is 2.79. The number of non-ortho nitro benzene ring substituents is 1. The van der Waals surface area contributed by atoms with Crippen LogP contribution in [0.25, 0.3) is 0 Å². The number of halogens is 2. The van der Waals surface area contributed by atoms with E-state index in [4.69, 9.17) is 11.6 Å². The van der Waals surface area contributed by atoms with E-state index in [2.05, 4.69) is 4.98 Å². The number of rotatable bonds is 4. The fraction of sp³-hybridized carbons (Fsp3) is 0. The maximum atomic E-state index is 13.5. The summed E-state index contributed by atoms with van der Waals surface area (Å²) in [5.74, 6) is -0.935. The number of hydrogen-bond acceptors (Lipinski definition) is 6. The van der Waals surface area contributed by atoms with Gasteiger partial charge in [-0.05, 0) is 6.07 Å². The summed E-state index contributed by atoms with van der Waals surface area (Å²) in [7, 11) is -4.10. The molecule has 0 unspecified atom stereocenters. The van der Waals surface area contributed by atoms with Crippen LogP contribution >= 0.6 is 22.9 Å². The van der Waals surface area contributed by atoms with Crippen LogP contribution < -0.4 is 4.72 Å². The molecule has 0 fully saturated rings. The molecule has 0 radical (unpaired) electrons. The number of nitro benzene ring substituents is 1. The summed E-state index contributed by atoms with van der Waals surface area (Å²) in [6, 6.07) is 2.52. The van der Waals surface area contributed by atoms with E-state index in [1.54, 1.807) is 0 Å². The third kappa shape index (κ3) is 3.03. The molecule has 0 amide bonds. The normalized spacial score (nSPS) is 11.3. The quantitative estimate of drug-likeness (QED) is 0.682. The Kier molecular flexibility index (Phi) is 3.88. The largest absolute Gasteiger partial charge is 0.276 e. The molecule has 20 heavy (non-hydrogen) atoms. The van der Waals surface area contributed by atoms with Gasteiger partial charge < -0.3 is 0 Å². The molecule has 11 heteroatoms. The molecule has 2 aromatic rings. The van der Waals surface area contributed by atoms with Crippen molar-refractivity contribution >= 4 is 44.3 Å². The average molecular weight is 338 g/mol. The summed E-state index contributed by atoms with van der Waals surface area (Å²) < 4.78 is 39.0. The predicted octanol–water partition coefficient (Wildman–Crippen LogP) is 2.64. The minimum absolute atomic E-state index is 0.00453. The smallest absolute Gasteiger partial charge is 0.273 e. The van der Waals surface area contributed by atoms with Gasteiger partial charge in [0.25, 0.3) is 15.7 Å². The number of sulfonamides is 1.